The fourth-order valence-corrected chi connectivity index (χ4v) is 6.63. The smallest absolute Gasteiger partial charge is 0.433 e. The van der Waals surface area contributed by atoms with Crippen molar-refractivity contribution in [1.29, 1.82) is 0 Å². The first-order chi connectivity index (χ1) is 19.9. The number of aliphatic hydroxyl groups excluding tert-OH is 2. The van der Waals surface area contributed by atoms with Crippen LogP contribution in [0.3, 0.4) is 0 Å². The Kier molecular flexibility index (Phi) is 10.3. The first kappa shape index (κ1) is 34.0. The number of carbonyl (C=O) groups is 1. The van der Waals surface area contributed by atoms with Gasteiger partial charge in [0.1, 0.15) is 14.1 Å². The molecular formula is C23H20ClF6N5O6S2. The van der Waals surface area contributed by atoms with E-state index in [0.717, 1.165) is 34.0 Å². The zero-order valence-corrected chi connectivity index (χ0v) is 23.7. The Hall–Kier alpha value is -3.49. The number of carboxylic acid groups (broad SMARTS) is 1. The summed E-state index contributed by atoms with van der Waals surface area (Å²) in [5.74, 6) is -1.54. The largest absolute Gasteiger partial charge is 0.477 e. The quantitative estimate of drug-likeness (QED) is 0.201. The van der Waals surface area contributed by atoms with Gasteiger partial charge in [-0.05, 0) is 24.3 Å². The topological polar surface area (TPSA) is 171 Å². The predicted octanol–water partition coefficient (Wildman–Crippen LogP) is 4.09. The second-order valence-corrected chi connectivity index (χ2v) is 12.2. The molecule has 0 saturated carbocycles. The maximum Gasteiger partial charge on any atom is 0.433 e. The normalized spacial score (nSPS) is 12.4. The molecule has 4 rings (SSSR count). The molecule has 3 heterocycles. The summed E-state index contributed by atoms with van der Waals surface area (Å²) in [5.41, 5.74) is 1.90. The monoisotopic (exact) mass is 675 g/mol. The van der Waals surface area contributed by atoms with E-state index in [1.807, 2.05) is 0 Å². The molecule has 0 aliphatic carbocycles. The van der Waals surface area contributed by atoms with E-state index >= 15 is 0 Å². The van der Waals surface area contributed by atoms with E-state index in [1.54, 1.807) is 0 Å². The molecule has 20 heteroatoms. The average Bonchev–Trinajstić information content (AvgIpc) is 3.50. The van der Waals surface area contributed by atoms with Crippen LogP contribution in [0.25, 0.3) is 16.9 Å². The Balaban J connectivity index is 0.000000259. The lowest BCUT2D eigenvalue weighted by Crippen LogP contribution is -2.35. The van der Waals surface area contributed by atoms with E-state index in [-0.39, 0.29) is 51.8 Å². The van der Waals surface area contributed by atoms with E-state index < -0.39 is 50.8 Å². The molecule has 0 saturated heterocycles. The van der Waals surface area contributed by atoms with Gasteiger partial charge in [-0.1, -0.05) is 23.7 Å². The fourth-order valence-electron chi connectivity index (χ4n) is 3.48. The highest BCUT2D eigenvalue weighted by Gasteiger charge is 2.36. The Labute approximate surface area is 247 Å². The molecule has 5 N–H and O–H groups in total. The van der Waals surface area contributed by atoms with Crippen molar-refractivity contribution >= 4 is 50.3 Å². The van der Waals surface area contributed by atoms with Crippen molar-refractivity contribution in [2.24, 2.45) is 0 Å². The summed E-state index contributed by atoms with van der Waals surface area (Å²) in [6.07, 6.45) is -8.77. The lowest BCUT2D eigenvalue weighted by Gasteiger charge is -2.18. The number of aromatic nitrogens is 3. The van der Waals surface area contributed by atoms with Gasteiger partial charge in [-0.3, -0.25) is 0 Å². The van der Waals surface area contributed by atoms with Crippen LogP contribution in [0, 0.1) is 0 Å². The van der Waals surface area contributed by atoms with Crippen LogP contribution in [-0.4, -0.2) is 74.9 Å². The van der Waals surface area contributed by atoms with Crippen LogP contribution in [0.1, 0.15) is 21.6 Å². The number of nitrogens with two attached hydrogens (primary N) is 1. The van der Waals surface area contributed by atoms with Gasteiger partial charge in [-0.2, -0.15) is 35.7 Å². The van der Waals surface area contributed by atoms with Gasteiger partial charge in [0, 0.05) is 18.7 Å². The summed E-state index contributed by atoms with van der Waals surface area (Å²) in [5, 5.41) is 30.0. The van der Waals surface area contributed by atoms with Crippen molar-refractivity contribution < 1.29 is 54.9 Å². The highest BCUT2D eigenvalue weighted by molar-refractivity contribution is 7.91. The molecule has 0 bridgehead atoms. The van der Waals surface area contributed by atoms with Gasteiger partial charge in [0.25, 0.3) is 10.0 Å². The van der Waals surface area contributed by atoms with Crippen LogP contribution in [0.15, 0.2) is 46.8 Å². The number of anilines is 1. The molecule has 234 valence electrons. The summed E-state index contributed by atoms with van der Waals surface area (Å²) in [4.78, 5) is 15.0. The van der Waals surface area contributed by atoms with Gasteiger partial charge in [0.2, 0.25) is 0 Å². The number of rotatable bonds is 8. The molecule has 4 aromatic rings. The van der Waals surface area contributed by atoms with Crippen molar-refractivity contribution in [2.45, 2.75) is 16.6 Å². The van der Waals surface area contributed by atoms with Gasteiger partial charge < -0.3 is 21.1 Å². The number of fused-ring (bicyclic) bond motifs is 1. The van der Waals surface area contributed by atoms with Crippen LogP contribution in [0.5, 0.6) is 0 Å². The minimum absolute atomic E-state index is 0.00176. The molecule has 0 aliphatic heterocycles. The summed E-state index contributed by atoms with van der Waals surface area (Å²) in [6, 6.07) is 5.17. The third-order valence-corrected chi connectivity index (χ3v) is 9.22. The van der Waals surface area contributed by atoms with Crippen LogP contribution in [-0.2, 0) is 22.4 Å². The second-order valence-electron chi connectivity index (χ2n) is 8.34. The van der Waals surface area contributed by atoms with Gasteiger partial charge in [-0.15, -0.1) is 11.3 Å². The molecule has 0 amide bonds. The minimum Gasteiger partial charge on any atom is -0.477 e. The maximum absolute atomic E-state index is 13.3. The molecule has 0 aliphatic rings. The van der Waals surface area contributed by atoms with Crippen LogP contribution in [0.2, 0.25) is 4.34 Å². The van der Waals surface area contributed by atoms with Gasteiger partial charge >= 0.3 is 18.3 Å². The number of benzene rings is 1. The molecule has 0 radical (unpaired) electrons. The first-order valence-electron chi connectivity index (χ1n) is 11.5. The van der Waals surface area contributed by atoms with Gasteiger partial charge in [0.05, 0.1) is 36.4 Å². The molecule has 0 unspecified atom stereocenters. The molecular weight excluding hydrogens is 656 g/mol. The lowest BCUT2D eigenvalue weighted by atomic mass is 10.1. The first-order valence-corrected chi connectivity index (χ1v) is 14.2. The average molecular weight is 676 g/mol. The SMILES string of the molecule is Nc1cc(S(=O)(=O)N(CCO)CCO)sc1Cl.O=C(O)c1cnn2c(C(F)(F)F)cc(-c3ccc(C(F)(F)F)cc3)nc12. The molecule has 1 aromatic carbocycles. The van der Waals surface area contributed by atoms with E-state index in [0.29, 0.717) is 22.7 Å². The highest BCUT2D eigenvalue weighted by Crippen LogP contribution is 2.35. The fraction of sp³-hybridized carbons (Fsp3) is 0.261. The molecule has 0 fully saturated rings. The van der Waals surface area contributed by atoms with Crippen molar-refractivity contribution in [3.8, 4) is 11.3 Å². The number of halogens is 7. The van der Waals surface area contributed by atoms with Crippen molar-refractivity contribution in [3.05, 3.63) is 63.8 Å². The number of alkyl halides is 6. The molecule has 3 aromatic heterocycles. The summed E-state index contributed by atoms with van der Waals surface area (Å²) in [7, 11) is -3.76. The number of nitrogen functional groups attached to an aromatic ring is 1. The summed E-state index contributed by atoms with van der Waals surface area (Å²) >= 11 is 6.55. The number of aliphatic hydroxyl groups is 2. The Morgan fingerprint density at radius 2 is 1.60 bits per heavy atom. The highest BCUT2D eigenvalue weighted by atomic mass is 35.5. The third kappa shape index (κ3) is 7.73. The number of hydrogen-bond acceptors (Lipinski definition) is 9. The number of sulfonamides is 1. The van der Waals surface area contributed by atoms with E-state index in [2.05, 4.69) is 10.1 Å². The van der Waals surface area contributed by atoms with E-state index in [1.165, 1.54) is 6.07 Å². The Morgan fingerprint density at radius 1 is 1.02 bits per heavy atom. The maximum atomic E-state index is 13.3. The molecule has 11 nitrogen and oxygen atoms in total. The number of carboxylic acids is 1. The van der Waals surface area contributed by atoms with Crippen molar-refractivity contribution in [3.63, 3.8) is 0 Å². The third-order valence-electron chi connectivity index (χ3n) is 5.48. The molecule has 43 heavy (non-hydrogen) atoms. The van der Waals surface area contributed by atoms with Gasteiger partial charge in [0.15, 0.2) is 11.3 Å². The van der Waals surface area contributed by atoms with Crippen LogP contribution >= 0.6 is 22.9 Å². The summed E-state index contributed by atoms with van der Waals surface area (Å²) in [6.45, 7) is -0.821. The second kappa shape index (κ2) is 13.0. The number of nitrogens with zero attached hydrogens (tertiary/aromatic N) is 4. The Morgan fingerprint density at radius 3 is 2.05 bits per heavy atom. The molecule has 0 atom stereocenters. The summed E-state index contributed by atoms with van der Waals surface area (Å²) < 4.78 is 103. The zero-order chi connectivity index (χ0) is 32.3. The van der Waals surface area contributed by atoms with E-state index in [9.17, 15) is 39.6 Å². The van der Waals surface area contributed by atoms with Crippen molar-refractivity contribution in [1.82, 2.24) is 18.9 Å². The van der Waals surface area contributed by atoms with E-state index in [4.69, 9.17) is 32.7 Å². The Bertz CT molecular complexity index is 1680. The predicted molar refractivity (Wildman–Crippen MR) is 142 cm³/mol. The molecule has 0 spiro atoms. The van der Waals surface area contributed by atoms with Gasteiger partial charge in [-0.25, -0.2) is 22.7 Å². The zero-order valence-electron chi connectivity index (χ0n) is 21.3. The minimum atomic E-state index is -4.89. The number of thiophene rings is 1. The van der Waals surface area contributed by atoms with Crippen LogP contribution < -0.4 is 5.73 Å². The van der Waals surface area contributed by atoms with Crippen LogP contribution in [0.4, 0.5) is 32.0 Å². The standard InChI is InChI=1S/C15H7F6N3O2.C8H13ClN2O4S2/c16-14(17,18)8-3-1-7(2-4-8)10-5-11(15(19,20)21)24-12(23-10)9(6-22-24)13(25)26;9-8-6(10)5-7(16-8)17(14,15)11(1-3-12)2-4-13/h1-6H,(H,25,26);5,12-13H,1-4,10H2. The number of hydrogen-bond donors (Lipinski definition) is 4. The lowest BCUT2D eigenvalue weighted by molar-refractivity contribution is -0.142. The van der Waals surface area contributed by atoms with Crippen molar-refractivity contribution in [2.75, 3.05) is 32.0 Å². The number of aromatic carboxylic acids is 1.